The third-order valence-corrected chi connectivity index (χ3v) is 5.41. The van der Waals surface area contributed by atoms with Crippen LogP contribution in [0.5, 0.6) is 0 Å². The molecule has 1 N–H and O–H groups in total. The summed E-state index contributed by atoms with van der Waals surface area (Å²) in [5.41, 5.74) is 1.60. The van der Waals surface area contributed by atoms with E-state index in [0.717, 1.165) is 11.1 Å². The van der Waals surface area contributed by atoms with E-state index in [2.05, 4.69) is 5.32 Å². The Kier molecular flexibility index (Phi) is 8.79. The first-order valence-electron chi connectivity index (χ1n) is 9.44. The van der Waals surface area contributed by atoms with E-state index in [0.29, 0.717) is 12.3 Å². The van der Waals surface area contributed by atoms with Crippen molar-refractivity contribution >= 4 is 29.3 Å². The summed E-state index contributed by atoms with van der Waals surface area (Å²) in [5, 5.41) is 13.4. The molecular weight excluding hydrogens is 409 g/mol. The molecule has 0 bridgehead atoms. The van der Waals surface area contributed by atoms with Crippen molar-refractivity contribution in [2.24, 2.45) is 0 Å². The van der Waals surface area contributed by atoms with Gasteiger partial charge in [-0.15, -0.1) is 11.8 Å². The summed E-state index contributed by atoms with van der Waals surface area (Å²) in [7, 11) is 0. The molecule has 1 atom stereocenters. The number of hydrogen-bond donors (Lipinski definition) is 1. The number of carbonyl (C=O) groups excluding carboxylic acids is 2. The Balaban J connectivity index is 2.02. The highest BCUT2D eigenvalue weighted by atomic mass is 32.2. The van der Waals surface area contributed by atoms with Gasteiger partial charge in [-0.25, -0.2) is 4.39 Å². The third-order valence-electron chi connectivity index (χ3n) is 4.43. The second-order valence-corrected chi connectivity index (χ2v) is 7.62. The maximum absolute atomic E-state index is 13.2. The van der Waals surface area contributed by atoms with E-state index in [9.17, 15) is 24.1 Å². The van der Waals surface area contributed by atoms with Crippen LogP contribution in [0.15, 0.2) is 48.5 Å². The van der Waals surface area contributed by atoms with E-state index >= 15 is 0 Å². The van der Waals surface area contributed by atoms with Gasteiger partial charge in [-0.1, -0.05) is 24.3 Å². The lowest BCUT2D eigenvalue weighted by atomic mass is 10.1. The second kappa shape index (κ2) is 11.3. The van der Waals surface area contributed by atoms with Crippen LogP contribution in [0, 0.1) is 15.9 Å². The Hall–Kier alpha value is -2.94. The van der Waals surface area contributed by atoms with Crippen LogP contribution in [0.4, 0.5) is 10.1 Å². The lowest BCUT2D eigenvalue weighted by Gasteiger charge is -2.28. The summed E-state index contributed by atoms with van der Waals surface area (Å²) in [6.07, 6.45) is 0. The van der Waals surface area contributed by atoms with E-state index in [1.54, 1.807) is 38.1 Å². The average molecular weight is 434 g/mol. The van der Waals surface area contributed by atoms with Gasteiger partial charge in [0.1, 0.15) is 11.9 Å². The van der Waals surface area contributed by atoms with E-state index < -0.39 is 11.0 Å². The van der Waals surface area contributed by atoms with Gasteiger partial charge in [0.15, 0.2) is 0 Å². The zero-order chi connectivity index (χ0) is 22.1. The number of amides is 2. The van der Waals surface area contributed by atoms with Gasteiger partial charge in [-0.2, -0.15) is 0 Å². The third kappa shape index (κ3) is 6.84. The highest BCUT2D eigenvalue weighted by Crippen LogP contribution is 2.18. The van der Waals surface area contributed by atoms with Crippen LogP contribution in [-0.4, -0.2) is 40.0 Å². The molecule has 0 unspecified atom stereocenters. The van der Waals surface area contributed by atoms with Gasteiger partial charge in [-0.05, 0) is 37.1 Å². The van der Waals surface area contributed by atoms with Gasteiger partial charge in [-0.3, -0.25) is 19.7 Å². The SMILES string of the molecule is CCNC(=O)[C@@H](C)N(Cc1ccc(F)cc1)C(=O)CSCc1ccc([N+](=O)[O-])cc1. The molecule has 0 saturated heterocycles. The van der Waals surface area contributed by atoms with Gasteiger partial charge < -0.3 is 10.2 Å². The molecule has 30 heavy (non-hydrogen) atoms. The van der Waals surface area contributed by atoms with Crippen LogP contribution in [0.2, 0.25) is 0 Å². The molecule has 2 rings (SSSR count). The van der Waals surface area contributed by atoms with Crippen LogP contribution in [-0.2, 0) is 21.9 Å². The summed E-state index contributed by atoms with van der Waals surface area (Å²) in [4.78, 5) is 36.9. The Labute approximate surface area is 178 Å². The van der Waals surface area contributed by atoms with Gasteiger partial charge >= 0.3 is 0 Å². The molecule has 2 amide bonds. The minimum absolute atomic E-state index is 0.0149. The molecule has 0 aliphatic heterocycles. The number of nitrogens with one attached hydrogen (secondary N) is 1. The van der Waals surface area contributed by atoms with Crippen molar-refractivity contribution in [3.05, 3.63) is 75.6 Å². The minimum atomic E-state index is -0.678. The first-order valence-corrected chi connectivity index (χ1v) is 10.6. The smallest absolute Gasteiger partial charge is 0.269 e. The number of nitro benzene ring substituents is 1. The monoisotopic (exact) mass is 433 g/mol. The fraction of sp³-hybridized carbons (Fsp3) is 0.333. The van der Waals surface area contributed by atoms with Crippen LogP contribution in [0.1, 0.15) is 25.0 Å². The molecule has 160 valence electrons. The summed E-state index contributed by atoms with van der Waals surface area (Å²) in [5.74, 6) is -0.198. The summed E-state index contributed by atoms with van der Waals surface area (Å²) < 4.78 is 13.2. The fourth-order valence-corrected chi connectivity index (χ4v) is 3.61. The van der Waals surface area contributed by atoms with Crippen LogP contribution >= 0.6 is 11.8 Å². The van der Waals surface area contributed by atoms with Crippen molar-refractivity contribution in [2.75, 3.05) is 12.3 Å². The molecule has 0 spiro atoms. The number of rotatable bonds is 10. The molecule has 9 heteroatoms. The number of likely N-dealkylation sites (N-methyl/N-ethyl adjacent to an activating group) is 1. The van der Waals surface area contributed by atoms with E-state index in [-0.39, 0.29) is 35.6 Å². The zero-order valence-electron chi connectivity index (χ0n) is 16.8. The molecule has 0 aromatic heterocycles. The summed E-state index contributed by atoms with van der Waals surface area (Å²) in [6.45, 7) is 4.11. The number of benzene rings is 2. The van der Waals surface area contributed by atoms with Gasteiger partial charge in [0.25, 0.3) is 5.69 Å². The van der Waals surface area contributed by atoms with Crippen molar-refractivity contribution < 1.29 is 18.9 Å². The Bertz CT molecular complexity index is 875. The van der Waals surface area contributed by atoms with Gasteiger partial charge in [0, 0.05) is 31.0 Å². The predicted molar refractivity (Wildman–Crippen MR) is 114 cm³/mol. The molecule has 0 aliphatic rings. The number of non-ortho nitro benzene ring substituents is 1. The lowest BCUT2D eigenvalue weighted by molar-refractivity contribution is -0.384. The molecule has 0 fully saturated rings. The van der Waals surface area contributed by atoms with E-state index in [1.807, 2.05) is 0 Å². The second-order valence-electron chi connectivity index (χ2n) is 6.64. The highest BCUT2D eigenvalue weighted by Gasteiger charge is 2.25. The molecule has 0 saturated carbocycles. The molecule has 7 nitrogen and oxygen atoms in total. The number of halogens is 1. The number of thioether (sulfide) groups is 1. The summed E-state index contributed by atoms with van der Waals surface area (Å²) in [6, 6.07) is 11.3. The molecule has 2 aromatic rings. The van der Waals surface area contributed by atoms with Crippen molar-refractivity contribution in [1.82, 2.24) is 10.2 Å². The molecule has 0 radical (unpaired) electrons. The molecule has 0 heterocycles. The molecular formula is C21H24FN3O4S. The first kappa shape index (κ1) is 23.3. The Morgan fingerprint density at radius 3 is 2.30 bits per heavy atom. The first-order chi connectivity index (χ1) is 14.3. The largest absolute Gasteiger partial charge is 0.355 e. The van der Waals surface area contributed by atoms with Crippen molar-refractivity contribution in [2.45, 2.75) is 32.2 Å². The van der Waals surface area contributed by atoms with Gasteiger partial charge in [0.05, 0.1) is 10.7 Å². The Morgan fingerprint density at radius 2 is 1.73 bits per heavy atom. The predicted octanol–water partition coefficient (Wildman–Crippen LogP) is 3.52. The quantitative estimate of drug-likeness (QED) is 0.457. The van der Waals surface area contributed by atoms with Crippen LogP contribution in [0.3, 0.4) is 0 Å². The molecule has 0 aliphatic carbocycles. The summed E-state index contributed by atoms with van der Waals surface area (Å²) >= 11 is 1.36. The Morgan fingerprint density at radius 1 is 1.13 bits per heavy atom. The minimum Gasteiger partial charge on any atom is -0.355 e. The van der Waals surface area contributed by atoms with Gasteiger partial charge in [0.2, 0.25) is 11.8 Å². The number of nitrogens with zero attached hydrogens (tertiary/aromatic N) is 2. The van der Waals surface area contributed by atoms with Crippen LogP contribution in [0.25, 0.3) is 0 Å². The number of carbonyl (C=O) groups is 2. The maximum atomic E-state index is 13.2. The number of hydrogen-bond acceptors (Lipinski definition) is 5. The topological polar surface area (TPSA) is 92.6 Å². The maximum Gasteiger partial charge on any atom is 0.269 e. The van der Waals surface area contributed by atoms with E-state index in [4.69, 9.17) is 0 Å². The van der Waals surface area contributed by atoms with Crippen molar-refractivity contribution in [3.63, 3.8) is 0 Å². The van der Waals surface area contributed by atoms with Crippen molar-refractivity contribution in [1.29, 1.82) is 0 Å². The highest BCUT2D eigenvalue weighted by molar-refractivity contribution is 7.99. The van der Waals surface area contributed by atoms with E-state index in [1.165, 1.54) is 40.9 Å². The lowest BCUT2D eigenvalue weighted by Crippen LogP contribution is -2.48. The zero-order valence-corrected chi connectivity index (χ0v) is 17.7. The van der Waals surface area contributed by atoms with Crippen molar-refractivity contribution in [3.8, 4) is 0 Å². The average Bonchev–Trinajstić information content (AvgIpc) is 2.73. The fourth-order valence-electron chi connectivity index (χ4n) is 2.74. The standard InChI is InChI=1S/C21H24FN3O4S/c1-3-23-21(27)15(2)24(12-16-4-8-18(22)9-5-16)20(26)14-30-13-17-6-10-19(11-7-17)25(28)29/h4-11,15H,3,12-14H2,1-2H3,(H,23,27)/t15-/m1/s1. The molecule has 2 aromatic carbocycles. The normalized spacial score (nSPS) is 11.6. The number of nitro groups is 1. The van der Waals surface area contributed by atoms with Crippen LogP contribution < -0.4 is 5.32 Å².